The molecular weight excluding hydrogens is 132 g/mol. The van der Waals surface area contributed by atoms with E-state index < -0.39 is 0 Å². The second-order valence-corrected chi connectivity index (χ2v) is 2.04. The predicted octanol–water partition coefficient (Wildman–Crippen LogP) is -0.490. The van der Waals surface area contributed by atoms with Crippen molar-refractivity contribution in [3.63, 3.8) is 0 Å². The molecule has 0 aromatic carbocycles. The molecule has 0 spiro atoms. The lowest BCUT2D eigenvalue weighted by Crippen LogP contribution is -2.08. The number of rotatable bonds is 2. The summed E-state index contributed by atoms with van der Waals surface area (Å²) in [6.07, 6.45) is 0. The van der Waals surface area contributed by atoms with E-state index in [9.17, 15) is 0 Å². The Bertz CT molecular complexity index is 38.0. The van der Waals surface area contributed by atoms with Gasteiger partial charge < -0.3 is 15.2 Å². The van der Waals surface area contributed by atoms with Crippen molar-refractivity contribution in [1.82, 2.24) is 10.4 Å². The molecule has 3 N–H and O–H groups in total. The molecule has 0 aliphatic carbocycles. The summed E-state index contributed by atoms with van der Waals surface area (Å²) < 4.78 is 0. The van der Waals surface area contributed by atoms with Gasteiger partial charge in [0.25, 0.3) is 0 Å². The van der Waals surface area contributed by atoms with Crippen LogP contribution in [0.1, 0.15) is 6.92 Å². The standard InChI is InChI=1S/C3H9NO.C3H9N.H2O/c1-3-4-5-2;1-4(2)3;/h4H,3H2,1-2H3;1-3H3;1H2. The molecule has 0 radical (unpaired) electrons. The average molecular weight is 152 g/mol. The number of hydroxylamine groups is 1. The first kappa shape index (κ1) is 16.4. The Labute approximate surface area is 63.4 Å². The zero-order valence-corrected chi connectivity index (χ0v) is 7.56. The van der Waals surface area contributed by atoms with Gasteiger partial charge in [-0.15, -0.1) is 0 Å². The van der Waals surface area contributed by atoms with E-state index in [4.69, 9.17) is 0 Å². The summed E-state index contributed by atoms with van der Waals surface area (Å²) in [5, 5.41) is 0. The molecule has 10 heavy (non-hydrogen) atoms. The van der Waals surface area contributed by atoms with Gasteiger partial charge in [-0.1, -0.05) is 6.92 Å². The van der Waals surface area contributed by atoms with Crippen molar-refractivity contribution >= 4 is 0 Å². The molecule has 0 aromatic rings. The molecule has 0 atom stereocenters. The highest BCUT2D eigenvalue weighted by molar-refractivity contribution is 4.09. The fraction of sp³-hybridized carbons (Fsp3) is 1.00. The van der Waals surface area contributed by atoms with Crippen LogP contribution in [0.25, 0.3) is 0 Å². The number of hydrogen-bond donors (Lipinski definition) is 1. The fourth-order valence-electron chi connectivity index (χ4n) is 0.144. The molecule has 0 heterocycles. The lowest BCUT2D eigenvalue weighted by atomic mass is 10.8. The van der Waals surface area contributed by atoms with Gasteiger partial charge in [-0.3, -0.25) is 0 Å². The maximum absolute atomic E-state index is 4.44. The van der Waals surface area contributed by atoms with E-state index in [-0.39, 0.29) is 5.48 Å². The second kappa shape index (κ2) is 15.9. The minimum absolute atomic E-state index is 0. The predicted molar refractivity (Wildman–Crippen MR) is 43.9 cm³/mol. The van der Waals surface area contributed by atoms with Crippen molar-refractivity contribution in [3.05, 3.63) is 0 Å². The van der Waals surface area contributed by atoms with Crippen molar-refractivity contribution in [2.45, 2.75) is 6.92 Å². The van der Waals surface area contributed by atoms with E-state index in [1.807, 2.05) is 33.0 Å². The molecular formula is C6H20N2O2. The average Bonchev–Trinajstić information content (AvgIpc) is 1.66. The summed E-state index contributed by atoms with van der Waals surface area (Å²) in [4.78, 5) is 6.44. The highest BCUT2D eigenvalue weighted by Crippen LogP contribution is 1.47. The van der Waals surface area contributed by atoms with E-state index >= 15 is 0 Å². The minimum Gasteiger partial charge on any atom is -0.412 e. The summed E-state index contributed by atoms with van der Waals surface area (Å²) in [6.45, 7) is 2.85. The number of nitrogens with one attached hydrogen (secondary N) is 1. The van der Waals surface area contributed by atoms with Gasteiger partial charge in [0.1, 0.15) is 0 Å². The third kappa shape index (κ3) is 108. The van der Waals surface area contributed by atoms with Gasteiger partial charge >= 0.3 is 0 Å². The third-order valence-corrected chi connectivity index (χ3v) is 0.289. The Morgan fingerprint density at radius 2 is 1.60 bits per heavy atom. The Morgan fingerprint density at radius 3 is 1.60 bits per heavy atom. The van der Waals surface area contributed by atoms with Crippen LogP contribution >= 0.6 is 0 Å². The molecule has 0 rings (SSSR count). The quantitative estimate of drug-likeness (QED) is 0.543. The summed E-state index contributed by atoms with van der Waals surface area (Å²) in [7, 11) is 7.60. The van der Waals surface area contributed by atoms with Gasteiger partial charge in [-0.05, 0) is 21.1 Å². The monoisotopic (exact) mass is 152 g/mol. The molecule has 4 nitrogen and oxygen atoms in total. The van der Waals surface area contributed by atoms with E-state index in [0.29, 0.717) is 0 Å². The van der Waals surface area contributed by atoms with Gasteiger partial charge in [0.15, 0.2) is 0 Å². The van der Waals surface area contributed by atoms with Crippen LogP contribution in [-0.4, -0.2) is 45.2 Å². The number of nitrogens with zero attached hydrogens (tertiary/aromatic N) is 1. The van der Waals surface area contributed by atoms with Gasteiger partial charge in [0.05, 0.1) is 7.11 Å². The first-order chi connectivity index (χ1) is 4.15. The Balaban J connectivity index is -0.0000000910. The number of hydrogen-bond acceptors (Lipinski definition) is 3. The van der Waals surface area contributed by atoms with E-state index in [1.165, 1.54) is 0 Å². The van der Waals surface area contributed by atoms with Crippen molar-refractivity contribution in [1.29, 1.82) is 0 Å². The molecule has 0 saturated heterocycles. The van der Waals surface area contributed by atoms with Crippen LogP contribution < -0.4 is 5.48 Å². The highest BCUT2D eigenvalue weighted by atomic mass is 16.6. The zero-order valence-electron chi connectivity index (χ0n) is 7.56. The van der Waals surface area contributed by atoms with Crippen LogP contribution in [0.15, 0.2) is 0 Å². The largest absolute Gasteiger partial charge is 0.412 e. The van der Waals surface area contributed by atoms with Gasteiger partial charge in [0.2, 0.25) is 0 Å². The van der Waals surface area contributed by atoms with Crippen molar-refractivity contribution in [3.8, 4) is 0 Å². The summed E-state index contributed by atoms with van der Waals surface area (Å²) in [5.41, 5.74) is 2.61. The Hall–Kier alpha value is -0.160. The van der Waals surface area contributed by atoms with Crippen LogP contribution in [0.5, 0.6) is 0 Å². The van der Waals surface area contributed by atoms with E-state index in [2.05, 4.69) is 10.3 Å². The van der Waals surface area contributed by atoms with Crippen LogP contribution in [0.3, 0.4) is 0 Å². The molecule has 0 aromatic heterocycles. The van der Waals surface area contributed by atoms with Gasteiger partial charge in [-0.2, -0.15) is 0 Å². The van der Waals surface area contributed by atoms with Crippen LogP contribution in [0, 0.1) is 0 Å². The molecule has 0 saturated carbocycles. The molecule has 66 valence electrons. The highest BCUT2D eigenvalue weighted by Gasteiger charge is 1.61. The summed E-state index contributed by atoms with van der Waals surface area (Å²) >= 11 is 0. The lowest BCUT2D eigenvalue weighted by Gasteiger charge is -1.90. The zero-order chi connectivity index (χ0) is 7.70. The first-order valence-corrected chi connectivity index (χ1v) is 3.01. The fourth-order valence-corrected chi connectivity index (χ4v) is 0.144. The minimum atomic E-state index is 0. The van der Waals surface area contributed by atoms with Crippen molar-refractivity contribution in [2.75, 3.05) is 34.8 Å². The molecule has 0 aliphatic rings. The first-order valence-electron chi connectivity index (χ1n) is 3.01. The SMILES string of the molecule is CCNOC.CN(C)C.O. The van der Waals surface area contributed by atoms with Gasteiger partial charge in [-0.25, -0.2) is 5.48 Å². The molecule has 0 aliphatic heterocycles. The maximum atomic E-state index is 4.44. The van der Waals surface area contributed by atoms with E-state index in [0.717, 1.165) is 6.54 Å². The van der Waals surface area contributed by atoms with Crippen LogP contribution in [0.4, 0.5) is 0 Å². The topological polar surface area (TPSA) is 56.0 Å². The lowest BCUT2D eigenvalue weighted by molar-refractivity contribution is 0.0962. The van der Waals surface area contributed by atoms with Crippen molar-refractivity contribution < 1.29 is 10.3 Å². The Morgan fingerprint density at radius 1 is 1.30 bits per heavy atom. The third-order valence-electron chi connectivity index (χ3n) is 0.289. The Kier molecular flexibility index (Phi) is 26.2. The summed E-state index contributed by atoms with van der Waals surface area (Å²) in [6, 6.07) is 0. The molecule has 0 unspecified atom stereocenters. The van der Waals surface area contributed by atoms with Crippen molar-refractivity contribution in [2.24, 2.45) is 0 Å². The normalized spacial score (nSPS) is 7.80. The molecule has 0 bridgehead atoms. The van der Waals surface area contributed by atoms with Gasteiger partial charge in [0, 0.05) is 6.54 Å². The molecule has 0 amide bonds. The second-order valence-electron chi connectivity index (χ2n) is 2.04. The smallest absolute Gasteiger partial charge is 0.0572 e. The molecule has 0 fully saturated rings. The molecule has 4 heteroatoms. The maximum Gasteiger partial charge on any atom is 0.0572 e. The van der Waals surface area contributed by atoms with Crippen LogP contribution in [0.2, 0.25) is 0 Å². The van der Waals surface area contributed by atoms with Crippen LogP contribution in [-0.2, 0) is 4.84 Å². The summed E-state index contributed by atoms with van der Waals surface area (Å²) in [5.74, 6) is 0. The van der Waals surface area contributed by atoms with E-state index in [1.54, 1.807) is 7.11 Å².